The lowest BCUT2D eigenvalue weighted by atomic mass is 9.82. The molecule has 4 saturated heterocycles. The third-order valence-corrected chi connectivity index (χ3v) is 5.82. The second kappa shape index (κ2) is 6.71. The molecule has 24 heavy (non-hydrogen) atoms. The minimum atomic E-state index is -0.318. The number of carbonyl (C=O) groups is 1. The number of amides is 1. The van der Waals surface area contributed by atoms with Crippen molar-refractivity contribution in [1.29, 1.82) is 0 Å². The average molecular weight is 332 g/mol. The number of fused-ring (bicyclic) bond motifs is 3. The number of ether oxygens (including phenoxy) is 1. The summed E-state index contributed by atoms with van der Waals surface area (Å²) in [4.78, 5) is 17.2. The van der Waals surface area contributed by atoms with E-state index in [1.807, 2.05) is 4.90 Å². The van der Waals surface area contributed by atoms with Gasteiger partial charge in [-0.15, -0.1) is 0 Å². The van der Waals surface area contributed by atoms with Crippen molar-refractivity contribution in [3.05, 3.63) is 30.1 Å². The molecule has 0 aromatic heterocycles. The number of hydrogen-bond acceptors (Lipinski definition) is 3. The maximum Gasteiger partial charge on any atom is 0.239 e. The molecule has 4 aliphatic rings. The van der Waals surface area contributed by atoms with Crippen LogP contribution in [0.4, 0.5) is 4.39 Å². The zero-order chi connectivity index (χ0) is 16.5. The predicted octanol–water partition coefficient (Wildman–Crippen LogP) is 2.68. The van der Waals surface area contributed by atoms with Crippen LogP contribution in [0.15, 0.2) is 24.3 Å². The first-order chi connectivity index (χ1) is 11.7. The fraction of sp³-hybridized carbons (Fsp3) is 0.632. The Morgan fingerprint density at radius 1 is 1.04 bits per heavy atom. The van der Waals surface area contributed by atoms with Crippen molar-refractivity contribution in [2.75, 3.05) is 26.2 Å². The number of likely N-dealkylation sites (tertiary alicyclic amines) is 1. The Kier molecular flexibility index (Phi) is 4.44. The Morgan fingerprint density at radius 2 is 1.75 bits per heavy atom. The van der Waals surface area contributed by atoms with Crippen molar-refractivity contribution in [2.24, 2.45) is 5.92 Å². The van der Waals surface area contributed by atoms with Gasteiger partial charge in [-0.1, -0.05) is 12.1 Å². The third kappa shape index (κ3) is 3.14. The summed E-state index contributed by atoms with van der Waals surface area (Å²) >= 11 is 0. The van der Waals surface area contributed by atoms with E-state index in [0.29, 0.717) is 24.7 Å². The highest BCUT2D eigenvalue weighted by molar-refractivity contribution is 5.82. The first-order valence-electron chi connectivity index (χ1n) is 9.15. The van der Waals surface area contributed by atoms with Crippen LogP contribution >= 0.6 is 0 Å². The molecule has 0 radical (unpaired) electrons. The molecule has 0 N–H and O–H groups in total. The number of hydrogen-bond donors (Lipinski definition) is 0. The van der Waals surface area contributed by atoms with Crippen molar-refractivity contribution in [3.8, 4) is 5.75 Å². The van der Waals surface area contributed by atoms with Crippen LogP contribution in [-0.2, 0) is 4.79 Å². The number of rotatable bonds is 3. The van der Waals surface area contributed by atoms with Crippen LogP contribution in [0.2, 0.25) is 0 Å². The van der Waals surface area contributed by atoms with Gasteiger partial charge in [0.15, 0.2) is 11.6 Å². The average Bonchev–Trinajstić information content (AvgIpc) is 2.64. The summed E-state index contributed by atoms with van der Waals surface area (Å²) in [7, 11) is 0. The van der Waals surface area contributed by atoms with Gasteiger partial charge in [-0.3, -0.25) is 9.69 Å². The minimum Gasteiger partial charge on any atom is -0.487 e. The van der Waals surface area contributed by atoms with Gasteiger partial charge in [0.2, 0.25) is 5.91 Å². The van der Waals surface area contributed by atoms with Gasteiger partial charge in [0.1, 0.15) is 6.10 Å². The van der Waals surface area contributed by atoms with E-state index in [2.05, 4.69) is 4.90 Å². The standard InChI is InChI=1S/C19H25FN2O2/c20-16-3-1-2-4-18(16)24-15-7-11-22(12-8-15)19(23)17-13-14-5-9-21(17)10-6-14/h1-4,14-15,17H,5-13H2. The van der Waals surface area contributed by atoms with E-state index >= 15 is 0 Å². The molecule has 4 heterocycles. The third-order valence-electron chi connectivity index (χ3n) is 5.82. The Bertz CT molecular complexity index is 593. The molecular weight excluding hydrogens is 307 g/mol. The summed E-state index contributed by atoms with van der Waals surface area (Å²) < 4.78 is 19.5. The molecule has 0 aliphatic carbocycles. The van der Waals surface area contributed by atoms with Crippen LogP contribution in [0.1, 0.15) is 32.1 Å². The van der Waals surface area contributed by atoms with E-state index in [1.165, 1.54) is 18.9 Å². The Balaban J connectivity index is 1.31. The van der Waals surface area contributed by atoms with Gasteiger partial charge >= 0.3 is 0 Å². The van der Waals surface area contributed by atoms with Crippen LogP contribution < -0.4 is 4.74 Å². The topological polar surface area (TPSA) is 32.8 Å². The van der Waals surface area contributed by atoms with Crippen LogP contribution in [0.3, 0.4) is 0 Å². The Morgan fingerprint density at radius 3 is 2.38 bits per heavy atom. The Hall–Kier alpha value is -1.62. The van der Waals surface area contributed by atoms with Crippen LogP contribution in [0.5, 0.6) is 5.75 Å². The minimum absolute atomic E-state index is 0.00550. The smallest absolute Gasteiger partial charge is 0.239 e. The van der Waals surface area contributed by atoms with Crippen LogP contribution in [-0.4, -0.2) is 54.0 Å². The highest BCUT2D eigenvalue weighted by atomic mass is 19.1. The molecule has 1 aromatic carbocycles. The lowest BCUT2D eigenvalue weighted by Crippen LogP contribution is -2.57. The van der Waals surface area contributed by atoms with Gasteiger partial charge in [0, 0.05) is 25.9 Å². The van der Waals surface area contributed by atoms with E-state index in [0.717, 1.165) is 38.3 Å². The number of benzene rings is 1. The first kappa shape index (κ1) is 15.9. The maximum absolute atomic E-state index is 13.7. The highest BCUT2D eigenvalue weighted by Gasteiger charge is 2.40. The van der Waals surface area contributed by atoms with E-state index in [4.69, 9.17) is 4.74 Å². The van der Waals surface area contributed by atoms with E-state index in [-0.39, 0.29) is 18.0 Å². The van der Waals surface area contributed by atoms with E-state index in [9.17, 15) is 9.18 Å². The van der Waals surface area contributed by atoms with Gasteiger partial charge in [0.25, 0.3) is 0 Å². The normalized spacial score (nSPS) is 30.4. The molecular formula is C19H25FN2O2. The largest absolute Gasteiger partial charge is 0.487 e. The second-order valence-corrected chi connectivity index (χ2v) is 7.30. The molecule has 1 atom stereocenters. The molecule has 2 bridgehead atoms. The van der Waals surface area contributed by atoms with Crippen molar-refractivity contribution >= 4 is 5.91 Å². The van der Waals surface area contributed by atoms with Crippen LogP contribution in [0, 0.1) is 11.7 Å². The summed E-state index contributed by atoms with van der Waals surface area (Å²) in [5.41, 5.74) is 0. The molecule has 4 fully saturated rings. The van der Waals surface area contributed by atoms with Crippen molar-refractivity contribution in [3.63, 3.8) is 0 Å². The van der Waals surface area contributed by atoms with Crippen molar-refractivity contribution in [1.82, 2.24) is 9.80 Å². The molecule has 130 valence electrons. The fourth-order valence-corrected chi connectivity index (χ4v) is 4.35. The summed E-state index contributed by atoms with van der Waals surface area (Å²) in [5, 5.41) is 0. The lowest BCUT2D eigenvalue weighted by molar-refractivity contribution is -0.143. The van der Waals surface area contributed by atoms with Crippen LogP contribution in [0.25, 0.3) is 0 Å². The molecule has 1 aromatic rings. The molecule has 5 rings (SSSR count). The number of carbonyl (C=O) groups excluding carboxylic acids is 1. The van der Waals surface area contributed by atoms with Gasteiger partial charge < -0.3 is 9.64 Å². The molecule has 1 amide bonds. The van der Waals surface area contributed by atoms with Gasteiger partial charge in [0.05, 0.1) is 6.04 Å². The van der Waals surface area contributed by atoms with Gasteiger partial charge in [-0.25, -0.2) is 4.39 Å². The molecule has 4 aliphatic heterocycles. The highest BCUT2D eigenvalue weighted by Crippen LogP contribution is 2.33. The van der Waals surface area contributed by atoms with Crippen molar-refractivity contribution in [2.45, 2.75) is 44.2 Å². The molecule has 1 unspecified atom stereocenters. The second-order valence-electron chi connectivity index (χ2n) is 7.30. The number of nitrogens with zero attached hydrogens (tertiary/aromatic N) is 2. The van der Waals surface area contributed by atoms with Gasteiger partial charge in [-0.05, 0) is 50.4 Å². The predicted molar refractivity (Wildman–Crippen MR) is 89.3 cm³/mol. The quantitative estimate of drug-likeness (QED) is 0.853. The molecule has 5 heteroatoms. The zero-order valence-electron chi connectivity index (χ0n) is 14.0. The van der Waals surface area contributed by atoms with E-state index < -0.39 is 0 Å². The number of piperidine rings is 4. The SMILES string of the molecule is O=C(C1CC2CCN1CC2)N1CCC(Oc2ccccc2F)CC1. The number of para-hydroxylation sites is 1. The van der Waals surface area contributed by atoms with Gasteiger partial charge in [-0.2, -0.15) is 0 Å². The first-order valence-corrected chi connectivity index (χ1v) is 9.15. The summed E-state index contributed by atoms with van der Waals surface area (Å²) in [6.07, 6.45) is 5.08. The summed E-state index contributed by atoms with van der Waals surface area (Å²) in [6.45, 7) is 3.59. The molecule has 0 saturated carbocycles. The maximum atomic E-state index is 13.7. The zero-order valence-corrected chi connectivity index (χ0v) is 14.0. The summed E-state index contributed by atoms with van der Waals surface area (Å²) in [6, 6.07) is 6.63. The monoisotopic (exact) mass is 332 g/mol. The lowest BCUT2D eigenvalue weighted by Gasteiger charge is -2.46. The van der Waals surface area contributed by atoms with Crippen molar-refractivity contribution < 1.29 is 13.9 Å². The Labute approximate surface area is 142 Å². The summed E-state index contributed by atoms with van der Waals surface area (Å²) in [5.74, 6) is 1.04. The molecule has 4 nitrogen and oxygen atoms in total. The fourth-order valence-electron chi connectivity index (χ4n) is 4.35. The van der Waals surface area contributed by atoms with E-state index in [1.54, 1.807) is 18.2 Å². The molecule has 0 spiro atoms. The number of halogens is 1.